The third-order valence-corrected chi connectivity index (χ3v) is 10.3. The minimum Gasteiger partial charge on any atom is -0.309 e. The van der Waals surface area contributed by atoms with Crippen molar-refractivity contribution < 1.29 is 0 Å². The van der Waals surface area contributed by atoms with Crippen molar-refractivity contribution in [3.63, 3.8) is 0 Å². The van der Waals surface area contributed by atoms with Gasteiger partial charge in [-0.1, -0.05) is 140 Å². The van der Waals surface area contributed by atoms with Crippen LogP contribution in [0.4, 0.5) is 0 Å². The number of nitrogens with zero attached hydrogens (tertiary/aromatic N) is 5. The van der Waals surface area contributed by atoms with Gasteiger partial charge in [-0.25, -0.2) is 4.98 Å². The Kier molecular flexibility index (Phi) is 6.18. The SMILES string of the molecule is c1ccc(-c2nc(-c3ccc4ccccc4c3)nc(-n3c4ccccc4c4c5ccc6c7ccccc7n(-c7ccccc7)c6c5ccc43)n2)cc1. The van der Waals surface area contributed by atoms with Crippen LogP contribution in [0.3, 0.4) is 0 Å². The molecule has 0 aliphatic carbocycles. The number of rotatable bonds is 4. The normalized spacial score (nSPS) is 11.8. The van der Waals surface area contributed by atoms with Crippen LogP contribution in [0.25, 0.3) is 99.6 Å². The lowest BCUT2D eigenvalue weighted by molar-refractivity contribution is 0.954. The average molecular weight is 664 g/mol. The number of hydrogen-bond donors (Lipinski definition) is 0. The van der Waals surface area contributed by atoms with E-state index >= 15 is 0 Å². The number of aromatic nitrogens is 5. The molecule has 5 nitrogen and oxygen atoms in total. The van der Waals surface area contributed by atoms with E-state index in [4.69, 9.17) is 15.0 Å². The van der Waals surface area contributed by atoms with Crippen molar-refractivity contribution in [1.29, 1.82) is 0 Å². The summed E-state index contributed by atoms with van der Waals surface area (Å²) in [6.45, 7) is 0. The van der Waals surface area contributed by atoms with E-state index in [-0.39, 0.29) is 0 Å². The molecule has 242 valence electrons. The molecule has 0 bridgehead atoms. The lowest BCUT2D eigenvalue weighted by Gasteiger charge is -2.12. The van der Waals surface area contributed by atoms with Crippen LogP contribution in [0, 0.1) is 0 Å². The average Bonchev–Trinajstić information content (AvgIpc) is 3.75. The van der Waals surface area contributed by atoms with Crippen LogP contribution in [-0.4, -0.2) is 24.1 Å². The fourth-order valence-electron chi connectivity index (χ4n) is 8.03. The molecule has 0 saturated carbocycles. The summed E-state index contributed by atoms with van der Waals surface area (Å²) in [5, 5.41) is 9.51. The second-order valence-corrected chi connectivity index (χ2v) is 13.3. The Morgan fingerprint density at radius 3 is 1.75 bits per heavy atom. The van der Waals surface area contributed by atoms with E-state index in [2.05, 4.69) is 167 Å². The molecule has 52 heavy (non-hydrogen) atoms. The van der Waals surface area contributed by atoms with Crippen LogP contribution >= 0.6 is 0 Å². The number of para-hydroxylation sites is 3. The Morgan fingerprint density at radius 1 is 0.346 bits per heavy atom. The molecule has 5 heteroatoms. The highest BCUT2D eigenvalue weighted by atomic mass is 15.2. The van der Waals surface area contributed by atoms with Crippen LogP contribution in [-0.2, 0) is 0 Å². The molecule has 0 N–H and O–H groups in total. The number of hydrogen-bond acceptors (Lipinski definition) is 3. The van der Waals surface area contributed by atoms with Crippen molar-refractivity contribution in [2.24, 2.45) is 0 Å². The zero-order valence-electron chi connectivity index (χ0n) is 28.0. The smallest absolute Gasteiger partial charge is 0.238 e. The summed E-state index contributed by atoms with van der Waals surface area (Å²) in [6.07, 6.45) is 0. The first-order chi connectivity index (χ1) is 25.8. The summed E-state index contributed by atoms with van der Waals surface area (Å²) in [7, 11) is 0. The molecule has 8 aromatic carbocycles. The third-order valence-electron chi connectivity index (χ3n) is 10.3. The van der Waals surface area contributed by atoms with Crippen LogP contribution < -0.4 is 0 Å². The molecule has 3 heterocycles. The molecule has 11 rings (SSSR count). The third kappa shape index (κ3) is 4.26. The van der Waals surface area contributed by atoms with E-state index in [9.17, 15) is 0 Å². The second kappa shape index (κ2) is 11.2. The van der Waals surface area contributed by atoms with Crippen molar-refractivity contribution in [3.05, 3.63) is 176 Å². The second-order valence-electron chi connectivity index (χ2n) is 13.3. The first kappa shape index (κ1) is 28.7. The van der Waals surface area contributed by atoms with Gasteiger partial charge in [0.05, 0.1) is 22.1 Å². The fraction of sp³-hybridized carbons (Fsp3) is 0. The maximum atomic E-state index is 5.23. The van der Waals surface area contributed by atoms with E-state index in [1.807, 2.05) is 18.2 Å². The predicted octanol–water partition coefficient (Wildman–Crippen LogP) is 11.7. The standard InChI is InChI=1S/C47H29N5/c1-3-14-31(15-4-1)45-48-46(33-24-23-30-13-7-8-16-32(30)29-33)50-47(49-45)52-41-22-12-10-20-39(41)43-36-25-26-37-35-19-9-11-21-40(35)51(34-17-5-2-6-18-34)44(37)38(36)27-28-42(43)52/h1-29H. The summed E-state index contributed by atoms with van der Waals surface area (Å²) in [5.41, 5.74) is 7.52. The van der Waals surface area contributed by atoms with Gasteiger partial charge in [0.2, 0.25) is 5.95 Å². The molecule has 0 radical (unpaired) electrons. The van der Waals surface area contributed by atoms with Gasteiger partial charge in [0, 0.05) is 43.7 Å². The molecule has 0 aliphatic rings. The zero-order valence-corrected chi connectivity index (χ0v) is 28.0. The van der Waals surface area contributed by atoms with Crippen molar-refractivity contribution in [2.45, 2.75) is 0 Å². The molecule has 0 spiro atoms. The van der Waals surface area contributed by atoms with E-state index in [0.29, 0.717) is 17.6 Å². The van der Waals surface area contributed by atoms with Gasteiger partial charge in [0.15, 0.2) is 11.6 Å². The highest BCUT2D eigenvalue weighted by molar-refractivity contribution is 6.27. The van der Waals surface area contributed by atoms with Crippen molar-refractivity contribution >= 4 is 65.2 Å². The van der Waals surface area contributed by atoms with E-state index < -0.39 is 0 Å². The van der Waals surface area contributed by atoms with Gasteiger partial charge in [0.25, 0.3) is 0 Å². The Bertz CT molecular complexity index is 3180. The van der Waals surface area contributed by atoms with Gasteiger partial charge in [-0.2, -0.15) is 9.97 Å². The first-order valence-electron chi connectivity index (χ1n) is 17.5. The van der Waals surface area contributed by atoms with Crippen LogP contribution in [0.5, 0.6) is 0 Å². The monoisotopic (exact) mass is 663 g/mol. The summed E-state index contributed by atoms with van der Waals surface area (Å²) in [5.74, 6) is 1.85. The minimum absolute atomic E-state index is 0.585. The molecular formula is C47H29N5. The van der Waals surface area contributed by atoms with Crippen LogP contribution in [0.15, 0.2) is 176 Å². The Balaban J connectivity index is 1.23. The van der Waals surface area contributed by atoms with Gasteiger partial charge in [0.1, 0.15) is 0 Å². The van der Waals surface area contributed by atoms with E-state index in [1.54, 1.807) is 0 Å². The molecular weight excluding hydrogens is 635 g/mol. The van der Waals surface area contributed by atoms with Gasteiger partial charge in [-0.15, -0.1) is 0 Å². The van der Waals surface area contributed by atoms with Crippen molar-refractivity contribution in [2.75, 3.05) is 0 Å². The summed E-state index contributed by atoms with van der Waals surface area (Å²) >= 11 is 0. The largest absolute Gasteiger partial charge is 0.309 e. The maximum absolute atomic E-state index is 5.23. The van der Waals surface area contributed by atoms with E-state index in [1.165, 1.54) is 43.4 Å². The fourth-order valence-corrected chi connectivity index (χ4v) is 8.03. The van der Waals surface area contributed by atoms with Crippen molar-refractivity contribution in [1.82, 2.24) is 24.1 Å². The Labute approximate surface area is 298 Å². The van der Waals surface area contributed by atoms with Gasteiger partial charge in [-0.05, 0) is 52.6 Å². The molecule has 0 saturated heterocycles. The molecule has 0 unspecified atom stereocenters. The van der Waals surface area contributed by atoms with Crippen LogP contribution in [0.2, 0.25) is 0 Å². The lowest BCUT2D eigenvalue weighted by atomic mass is 10.0. The van der Waals surface area contributed by atoms with E-state index in [0.717, 1.165) is 38.6 Å². The summed E-state index contributed by atoms with van der Waals surface area (Å²) < 4.78 is 4.62. The molecule has 0 aliphatic heterocycles. The molecule has 0 fully saturated rings. The Hall–Kier alpha value is -7.11. The van der Waals surface area contributed by atoms with Gasteiger partial charge >= 0.3 is 0 Å². The lowest BCUT2D eigenvalue weighted by Crippen LogP contribution is -2.06. The molecule has 0 atom stereocenters. The molecule has 0 amide bonds. The van der Waals surface area contributed by atoms with Crippen LogP contribution in [0.1, 0.15) is 0 Å². The van der Waals surface area contributed by atoms with Gasteiger partial charge < -0.3 is 4.57 Å². The Morgan fingerprint density at radius 2 is 0.942 bits per heavy atom. The van der Waals surface area contributed by atoms with Crippen molar-refractivity contribution in [3.8, 4) is 34.4 Å². The minimum atomic E-state index is 0.585. The highest BCUT2D eigenvalue weighted by Gasteiger charge is 2.21. The predicted molar refractivity (Wildman–Crippen MR) is 214 cm³/mol. The zero-order chi connectivity index (χ0) is 34.2. The number of fused-ring (bicyclic) bond motifs is 10. The maximum Gasteiger partial charge on any atom is 0.238 e. The highest BCUT2D eigenvalue weighted by Crippen LogP contribution is 2.42. The van der Waals surface area contributed by atoms with Gasteiger partial charge in [-0.3, -0.25) is 4.57 Å². The molecule has 11 aromatic rings. The number of benzene rings is 8. The summed E-state index contributed by atoms with van der Waals surface area (Å²) in [4.78, 5) is 15.5. The first-order valence-corrected chi connectivity index (χ1v) is 17.5. The topological polar surface area (TPSA) is 48.5 Å². The summed E-state index contributed by atoms with van der Waals surface area (Å²) in [6, 6.07) is 62.0. The molecule has 3 aromatic heterocycles. The quantitative estimate of drug-likeness (QED) is 0.188.